The molecule has 4 heteroatoms. The number of halogens is 1. The molecule has 1 fully saturated rings. The molecule has 1 unspecified atom stereocenters. The molecule has 20 heavy (non-hydrogen) atoms. The minimum Gasteiger partial charge on any atom is -0.508 e. The van der Waals surface area contributed by atoms with Crippen LogP contribution in [-0.2, 0) is 0 Å². The van der Waals surface area contributed by atoms with Gasteiger partial charge < -0.3 is 10.4 Å². The van der Waals surface area contributed by atoms with E-state index in [2.05, 4.69) is 40.0 Å². The lowest BCUT2D eigenvalue weighted by Gasteiger charge is -2.23. The maximum atomic E-state index is 10.0. The van der Waals surface area contributed by atoms with Gasteiger partial charge in [-0.3, -0.25) is 4.90 Å². The van der Waals surface area contributed by atoms with Gasteiger partial charge in [0.15, 0.2) is 0 Å². The van der Waals surface area contributed by atoms with Crippen LogP contribution in [0.2, 0.25) is 0 Å². The second-order valence-corrected chi connectivity index (χ2v) is 6.39. The molecule has 0 radical (unpaired) electrons. The Balaban J connectivity index is 1.89. The van der Waals surface area contributed by atoms with Crippen molar-refractivity contribution in [2.75, 3.05) is 19.6 Å². The first-order valence-electron chi connectivity index (χ1n) is 7.61. The molecule has 1 aromatic carbocycles. The number of rotatable bonds is 8. The van der Waals surface area contributed by atoms with Crippen LogP contribution in [0.15, 0.2) is 22.7 Å². The van der Waals surface area contributed by atoms with Gasteiger partial charge in [-0.2, -0.15) is 0 Å². The minimum atomic E-state index is 0.213. The van der Waals surface area contributed by atoms with E-state index >= 15 is 0 Å². The molecule has 1 aliphatic carbocycles. The molecule has 112 valence electrons. The molecular weight excluding hydrogens is 316 g/mol. The average Bonchev–Trinajstić information content (AvgIpc) is 3.27. The van der Waals surface area contributed by atoms with Gasteiger partial charge in [0.05, 0.1) is 0 Å². The number of aromatic hydroxyl groups is 1. The molecule has 2 rings (SSSR count). The van der Waals surface area contributed by atoms with Gasteiger partial charge in [-0.25, -0.2) is 0 Å². The highest BCUT2D eigenvalue weighted by atomic mass is 79.9. The number of hydrogen-bond acceptors (Lipinski definition) is 3. The summed E-state index contributed by atoms with van der Waals surface area (Å²) in [4.78, 5) is 2.54. The zero-order valence-corrected chi connectivity index (χ0v) is 14.0. The van der Waals surface area contributed by atoms with Crippen molar-refractivity contribution in [1.29, 1.82) is 0 Å². The zero-order valence-electron chi connectivity index (χ0n) is 12.4. The maximum absolute atomic E-state index is 10.0. The number of nitrogens with zero attached hydrogens (tertiary/aromatic N) is 1. The fourth-order valence-corrected chi connectivity index (χ4v) is 3.08. The fourth-order valence-electron chi connectivity index (χ4n) is 2.70. The van der Waals surface area contributed by atoms with Gasteiger partial charge in [-0.1, -0.05) is 29.8 Å². The van der Waals surface area contributed by atoms with Gasteiger partial charge in [-0.15, -0.1) is 0 Å². The molecule has 1 saturated carbocycles. The molecule has 0 spiro atoms. The van der Waals surface area contributed by atoms with Gasteiger partial charge in [-0.05, 0) is 44.0 Å². The van der Waals surface area contributed by atoms with E-state index in [0.717, 1.165) is 42.1 Å². The Kier molecular flexibility index (Phi) is 5.87. The van der Waals surface area contributed by atoms with Crippen LogP contribution in [0.3, 0.4) is 0 Å². The standard InChI is InChI=1S/C16H25BrN2O/c1-3-15(14-11-12(17)5-8-16(14)20)18-9-10-19(4-2)13-6-7-13/h5,8,11,13,15,18,20H,3-4,6-7,9-10H2,1-2H3. The Labute approximate surface area is 130 Å². The Morgan fingerprint density at radius 3 is 2.75 bits per heavy atom. The third kappa shape index (κ3) is 4.21. The van der Waals surface area contributed by atoms with Crippen molar-refractivity contribution in [3.8, 4) is 5.75 Å². The summed E-state index contributed by atoms with van der Waals surface area (Å²) >= 11 is 3.48. The average molecular weight is 341 g/mol. The second kappa shape index (κ2) is 7.43. The topological polar surface area (TPSA) is 35.5 Å². The highest BCUT2D eigenvalue weighted by molar-refractivity contribution is 9.10. The molecular formula is C16H25BrN2O. The van der Waals surface area contributed by atoms with Crippen LogP contribution in [0.4, 0.5) is 0 Å². The first-order chi connectivity index (χ1) is 9.65. The summed E-state index contributed by atoms with van der Waals surface area (Å²) in [5.41, 5.74) is 0.983. The summed E-state index contributed by atoms with van der Waals surface area (Å²) in [5.74, 6) is 0.377. The molecule has 1 aliphatic rings. The number of hydrogen-bond donors (Lipinski definition) is 2. The summed E-state index contributed by atoms with van der Waals surface area (Å²) < 4.78 is 1.01. The third-order valence-corrected chi connectivity index (χ3v) is 4.53. The van der Waals surface area contributed by atoms with Crippen molar-refractivity contribution in [2.45, 2.75) is 45.2 Å². The van der Waals surface area contributed by atoms with Crippen LogP contribution < -0.4 is 5.32 Å². The van der Waals surface area contributed by atoms with Crippen LogP contribution in [-0.4, -0.2) is 35.7 Å². The maximum Gasteiger partial charge on any atom is 0.120 e. The van der Waals surface area contributed by atoms with E-state index in [-0.39, 0.29) is 6.04 Å². The van der Waals surface area contributed by atoms with E-state index in [0.29, 0.717) is 5.75 Å². The molecule has 2 N–H and O–H groups in total. The summed E-state index contributed by atoms with van der Waals surface area (Å²) in [7, 11) is 0. The summed E-state index contributed by atoms with van der Waals surface area (Å²) in [6.45, 7) is 7.57. The van der Waals surface area contributed by atoms with E-state index < -0.39 is 0 Å². The van der Waals surface area contributed by atoms with Crippen molar-refractivity contribution in [2.24, 2.45) is 0 Å². The Morgan fingerprint density at radius 2 is 2.15 bits per heavy atom. The van der Waals surface area contributed by atoms with Crippen molar-refractivity contribution in [3.63, 3.8) is 0 Å². The van der Waals surface area contributed by atoms with Crippen LogP contribution in [0.5, 0.6) is 5.75 Å². The quantitative estimate of drug-likeness (QED) is 0.757. The predicted octanol–water partition coefficient (Wildman–Crippen LogP) is 3.68. The number of likely N-dealkylation sites (N-methyl/N-ethyl adjacent to an activating group) is 1. The van der Waals surface area contributed by atoms with Crippen LogP contribution in [0, 0.1) is 0 Å². The molecule has 0 bridgehead atoms. The minimum absolute atomic E-state index is 0.213. The van der Waals surface area contributed by atoms with E-state index in [1.807, 2.05) is 12.1 Å². The molecule has 1 atom stereocenters. The fraction of sp³-hybridized carbons (Fsp3) is 0.625. The third-order valence-electron chi connectivity index (χ3n) is 4.03. The van der Waals surface area contributed by atoms with E-state index in [9.17, 15) is 5.11 Å². The Morgan fingerprint density at radius 1 is 1.40 bits per heavy atom. The van der Waals surface area contributed by atoms with E-state index in [1.54, 1.807) is 6.07 Å². The summed E-state index contributed by atoms with van der Waals surface area (Å²) in [6, 6.07) is 6.67. The predicted molar refractivity (Wildman–Crippen MR) is 87.1 cm³/mol. The number of phenolic OH excluding ortho intramolecular Hbond substituents is 1. The van der Waals surface area contributed by atoms with Gasteiger partial charge in [0.25, 0.3) is 0 Å². The van der Waals surface area contributed by atoms with E-state index in [4.69, 9.17) is 0 Å². The van der Waals surface area contributed by atoms with Crippen LogP contribution >= 0.6 is 15.9 Å². The molecule has 0 aliphatic heterocycles. The summed E-state index contributed by atoms with van der Waals surface area (Å²) in [6.07, 6.45) is 3.69. The number of nitrogens with one attached hydrogen (secondary N) is 1. The Hall–Kier alpha value is -0.580. The largest absolute Gasteiger partial charge is 0.508 e. The van der Waals surface area contributed by atoms with Gasteiger partial charge in [0.1, 0.15) is 5.75 Å². The van der Waals surface area contributed by atoms with E-state index in [1.165, 1.54) is 12.8 Å². The van der Waals surface area contributed by atoms with Crippen molar-refractivity contribution in [3.05, 3.63) is 28.2 Å². The lowest BCUT2D eigenvalue weighted by Crippen LogP contribution is -2.35. The zero-order chi connectivity index (χ0) is 14.5. The van der Waals surface area contributed by atoms with Crippen molar-refractivity contribution in [1.82, 2.24) is 10.2 Å². The van der Waals surface area contributed by atoms with Crippen LogP contribution in [0.1, 0.15) is 44.7 Å². The summed E-state index contributed by atoms with van der Waals surface area (Å²) in [5, 5.41) is 13.6. The first-order valence-corrected chi connectivity index (χ1v) is 8.40. The van der Waals surface area contributed by atoms with Crippen LogP contribution in [0.25, 0.3) is 0 Å². The van der Waals surface area contributed by atoms with Gasteiger partial charge in [0.2, 0.25) is 0 Å². The first kappa shape index (κ1) is 15.8. The number of phenols is 1. The smallest absolute Gasteiger partial charge is 0.120 e. The lowest BCUT2D eigenvalue weighted by atomic mass is 10.0. The monoisotopic (exact) mass is 340 g/mol. The molecule has 1 aromatic rings. The SMILES string of the molecule is CCC(NCCN(CC)C1CC1)c1cc(Br)ccc1O. The van der Waals surface area contributed by atoms with Gasteiger partial charge >= 0.3 is 0 Å². The second-order valence-electron chi connectivity index (χ2n) is 5.48. The van der Waals surface area contributed by atoms with Crippen molar-refractivity contribution < 1.29 is 5.11 Å². The molecule has 0 heterocycles. The molecule has 3 nitrogen and oxygen atoms in total. The number of benzene rings is 1. The molecule has 0 amide bonds. The van der Waals surface area contributed by atoms with Gasteiger partial charge in [0, 0.05) is 35.2 Å². The highest BCUT2D eigenvalue weighted by Crippen LogP contribution is 2.29. The highest BCUT2D eigenvalue weighted by Gasteiger charge is 2.27. The molecule has 0 saturated heterocycles. The molecule has 0 aromatic heterocycles. The Bertz CT molecular complexity index is 434. The van der Waals surface area contributed by atoms with Crippen molar-refractivity contribution >= 4 is 15.9 Å². The lowest BCUT2D eigenvalue weighted by molar-refractivity contribution is 0.271. The normalized spacial score (nSPS) is 16.6.